The van der Waals surface area contributed by atoms with Gasteiger partial charge < -0.3 is 10.4 Å². The summed E-state index contributed by atoms with van der Waals surface area (Å²) in [6.07, 6.45) is 3.69. The number of piperidine rings is 1. The van der Waals surface area contributed by atoms with E-state index < -0.39 is 0 Å². The number of nitrogens with zero attached hydrogens (tertiary/aromatic N) is 1. The molecule has 0 unspecified atom stereocenters. The number of carbonyl (C=O) groups is 1. The predicted octanol–water partition coefficient (Wildman–Crippen LogP) is 1.29. The fraction of sp³-hybridized carbons (Fsp3) is 0.588. The first-order chi connectivity index (χ1) is 10.2. The number of nitrogens with one attached hydrogen (secondary N) is 1. The summed E-state index contributed by atoms with van der Waals surface area (Å²) in [6.45, 7) is 2.83. The molecule has 3 rings (SSSR count). The summed E-state index contributed by atoms with van der Waals surface area (Å²) in [6, 6.07) is 10.5. The zero-order chi connectivity index (χ0) is 14.7. The van der Waals surface area contributed by atoms with E-state index >= 15 is 0 Å². The Morgan fingerprint density at radius 2 is 1.90 bits per heavy atom. The highest BCUT2D eigenvalue weighted by molar-refractivity contribution is 5.78. The third kappa shape index (κ3) is 3.63. The van der Waals surface area contributed by atoms with Crippen LogP contribution >= 0.6 is 0 Å². The molecular formula is C17H24N2O2. The molecule has 21 heavy (non-hydrogen) atoms. The lowest BCUT2D eigenvalue weighted by molar-refractivity contribution is -0.122. The number of carbonyl (C=O) groups excluding carboxylic acids is 1. The Morgan fingerprint density at radius 1 is 1.24 bits per heavy atom. The van der Waals surface area contributed by atoms with Gasteiger partial charge in [-0.3, -0.25) is 9.69 Å². The van der Waals surface area contributed by atoms with Gasteiger partial charge in [0.15, 0.2) is 0 Å². The van der Waals surface area contributed by atoms with Crippen LogP contribution in [0.25, 0.3) is 0 Å². The van der Waals surface area contributed by atoms with Gasteiger partial charge in [0, 0.05) is 25.0 Å². The average molecular weight is 288 g/mol. The van der Waals surface area contributed by atoms with Crippen LogP contribution in [0, 0.1) is 0 Å². The summed E-state index contributed by atoms with van der Waals surface area (Å²) < 4.78 is 0. The molecule has 4 heteroatoms. The number of rotatable bonds is 5. The van der Waals surface area contributed by atoms with Gasteiger partial charge in [0.05, 0.1) is 12.6 Å². The Labute approximate surface area is 126 Å². The summed E-state index contributed by atoms with van der Waals surface area (Å²) >= 11 is 0. The summed E-state index contributed by atoms with van der Waals surface area (Å²) in [4.78, 5) is 14.2. The number of likely N-dealkylation sites (tertiary alicyclic amines) is 1. The van der Waals surface area contributed by atoms with Crippen molar-refractivity contribution in [1.82, 2.24) is 10.2 Å². The van der Waals surface area contributed by atoms with Crippen LogP contribution < -0.4 is 5.32 Å². The zero-order valence-corrected chi connectivity index (χ0v) is 12.4. The molecule has 2 N–H and O–H groups in total. The van der Waals surface area contributed by atoms with Crippen molar-refractivity contribution < 1.29 is 9.90 Å². The number of benzene rings is 1. The molecule has 1 saturated heterocycles. The van der Waals surface area contributed by atoms with Gasteiger partial charge in [-0.1, -0.05) is 30.3 Å². The summed E-state index contributed by atoms with van der Waals surface area (Å²) in [5.74, 6) is 0.105. The molecule has 0 aromatic heterocycles. The molecule has 1 aliphatic heterocycles. The maximum Gasteiger partial charge on any atom is 0.234 e. The molecule has 1 saturated carbocycles. The van der Waals surface area contributed by atoms with Crippen LogP contribution in [0.15, 0.2) is 30.3 Å². The molecule has 1 amide bonds. The van der Waals surface area contributed by atoms with Gasteiger partial charge in [-0.15, -0.1) is 0 Å². The van der Waals surface area contributed by atoms with Gasteiger partial charge in [-0.25, -0.2) is 0 Å². The molecular weight excluding hydrogens is 264 g/mol. The zero-order valence-electron chi connectivity index (χ0n) is 12.4. The lowest BCUT2D eigenvalue weighted by Crippen LogP contribution is -2.44. The first-order valence-electron chi connectivity index (χ1n) is 7.91. The molecule has 0 bridgehead atoms. The maximum absolute atomic E-state index is 12.1. The lowest BCUT2D eigenvalue weighted by Gasteiger charge is -2.29. The minimum Gasteiger partial charge on any atom is -0.393 e. The van der Waals surface area contributed by atoms with Crippen molar-refractivity contribution in [2.24, 2.45) is 0 Å². The Kier molecular flexibility index (Phi) is 4.27. The monoisotopic (exact) mass is 288 g/mol. The van der Waals surface area contributed by atoms with E-state index in [9.17, 15) is 9.90 Å². The fourth-order valence-electron chi connectivity index (χ4n) is 3.11. The van der Waals surface area contributed by atoms with Crippen molar-refractivity contribution in [2.45, 2.75) is 37.2 Å². The van der Waals surface area contributed by atoms with Gasteiger partial charge >= 0.3 is 0 Å². The maximum atomic E-state index is 12.1. The van der Waals surface area contributed by atoms with Crippen molar-refractivity contribution in [2.75, 3.05) is 26.2 Å². The molecule has 114 valence electrons. The molecule has 0 spiro atoms. The summed E-state index contributed by atoms with van der Waals surface area (Å²) in [5, 5.41) is 12.6. The topological polar surface area (TPSA) is 52.6 Å². The summed E-state index contributed by atoms with van der Waals surface area (Å²) in [5.41, 5.74) is 1.51. The number of aliphatic hydroxyl groups excluding tert-OH is 1. The molecule has 2 aliphatic rings. The number of aliphatic hydroxyl groups is 1. The first kappa shape index (κ1) is 14.5. The first-order valence-corrected chi connectivity index (χ1v) is 7.91. The van der Waals surface area contributed by atoms with Crippen molar-refractivity contribution in [3.63, 3.8) is 0 Å². The van der Waals surface area contributed by atoms with Gasteiger partial charge in [-0.05, 0) is 31.2 Å². The smallest absolute Gasteiger partial charge is 0.234 e. The Balaban J connectivity index is 1.46. The SMILES string of the molecule is O=C(CN1CCC(O)CC1)NCC1(c2ccccc2)CC1. The molecule has 1 aliphatic carbocycles. The van der Waals surface area contributed by atoms with Crippen LogP contribution in [0.4, 0.5) is 0 Å². The van der Waals surface area contributed by atoms with Crippen LogP contribution in [0.3, 0.4) is 0 Å². The van der Waals surface area contributed by atoms with E-state index in [2.05, 4.69) is 34.5 Å². The van der Waals surface area contributed by atoms with Crippen molar-refractivity contribution in [3.05, 3.63) is 35.9 Å². The van der Waals surface area contributed by atoms with Gasteiger partial charge in [0.25, 0.3) is 0 Å². The predicted molar refractivity (Wildman–Crippen MR) is 82.0 cm³/mol. The van der Waals surface area contributed by atoms with Crippen LogP contribution in [0.5, 0.6) is 0 Å². The van der Waals surface area contributed by atoms with Crippen molar-refractivity contribution in [3.8, 4) is 0 Å². The Bertz CT molecular complexity index is 477. The molecule has 1 aromatic carbocycles. The van der Waals surface area contributed by atoms with Gasteiger partial charge in [0.2, 0.25) is 5.91 Å². The van der Waals surface area contributed by atoms with Crippen LogP contribution in [-0.2, 0) is 10.2 Å². The average Bonchev–Trinajstić information content (AvgIpc) is 3.30. The highest BCUT2D eigenvalue weighted by Gasteiger charge is 2.44. The molecule has 0 atom stereocenters. The molecule has 0 radical (unpaired) electrons. The third-order valence-electron chi connectivity index (χ3n) is 4.79. The molecule has 4 nitrogen and oxygen atoms in total. The largest absolute Gasteiger partial charge is 0.393 e. The van der Waals surface area contributed by atoms with Gasteiger partial charge in [-0.2, -0.15) is 0 Å². The molecule has 1 heterocycles. The van der Waals surface area contributed by atoms with Crippen LogP contribution in [0.2, 0.25) is 0 Å². The van der Waals surface area contributed by atoms with E-state index in [0.29, 0.717) is 6.54 Å². The highest BCUT2D eigenvalue weighted by Crippen LogP contribution is 2.47. The van der Waals surface area contributed by atoms with E-state index in [4.69, 9.17) is 0 Å². The molecule has 2 fully saturated rings. The lowest BCUT2D eigenvalue weighted by atomic mass is 9.96. The van der Waals surface area contributed by atoms with Gasteiger partial charge in [0.1, 0.15) is 0 Å². The minimum atomic E-state index is -0.183. The highest BCUT2D eigenvalue weighted by atomic mass is 16.3. The number of hydrogen-bond donors (Lipinski definition) is 2. The van der Waals surface area contributed by atoms with E-state index in [1.165, 1.54) is 5.56 Å². The minimum absolute atomic E-state index is 0.105. The Hall–Kier alpha value is -1.39. The van der Waals surface area contributed by atoms with E-state index in [0.717, 1.165) is 45.3 Å². The third-order valence-corrected chi connectivity index (χ3v) is 4.79. The van der Waals surface area contributed by atoms with E-state index in [-0.39, 0.29) is 17.4 Å². The second-order valence-electron chi connectivity index (χ2n) is 6.43. The van der Waals surface area contributed by atoms with Crippen LogP contribution in [0.1, 0.15) is 31.2 Å². The van der Waals surface area contributed by atoms with Crippen molar-refractivity contribution in [1.29, 1.82) is 0 Å². The second kappa shape index (κ2) is 6.16. The second-order valence-corrected chi connectivity index (χ2v) is 6.43. The number of hydrogen-bond acceptors (Lipinski definition) is 3. The van der Waals surface area contributed by atoms with E-state index in [1.54, 1.807) is 0 Å². The quantitative estimate of drug-likeness (QED) is 0.858. The van der Waals surface area contributed by atoms with Crippen molar-refractivity contribution >= 4 is 5.91 Å². The van der Waals surface area contributed by atoms with Crippen LogP contribution in [-0.4, -0.2) is 48.2 Å². The molecule has 1 aromatic rings. The summed E-state index contributed by atoms with van der Waals surface area (Å²) in [7, 11) is 0. The normalized spacial score (nSPS) is 22.0. The fourth-order valence-corrected chi connectivity index (χ4v) is 3.11. The Morgan fingerprint density at radius 3 is 2.52 bits per heavy atom. The standard InChI is InChI=1S/C17H24N2O2/c20-15-6-10-19(11-7-15)12-16(21)18-13-17(8-9-17)14-4-2-1-3-5-14/h1-5,15,20H,6-13H2,(H,18,21). The van der Waals surface area contributed by atoms with E-state index in [1.807, 2.05) is 6.07 Å². The number of amides is 1.